The van der Waals surface area contributed by atoms with E-state index in [2.05, 4.69) is 5.16 Å². The zero-order valence-corrected chi connectivity index (χ0v) is 12.2. The number of rotatable bonds is 5. The first-order valence-corrected chi connectivity index (χ1v) is 7.12. The van der Waals surface area contributed by atoms with Crippen LogP contribution in [0.1, 0.15) is 11.8 Å². The monoisotopic (exact) mass is 288 g/mol. The average molecular weight is 288 g/mol. The summed E-state index contributed by atoms with van der Waals surface area (Å²) in [6.07, 6.45) is 0.980. The molecule has 1 atom stereocenters. The van der Waals surface area contributed by atoms with Crippen molar-refractivity contribution >= 4 is 29.1 Å². The Balaban J connectivity index is 1.92. The van der Waals surface area contributed by atoms with Crippen LogP contribution in [0.4, 0.5) is 5.69 Å². The maximum atomic E-state index is 12.2. The molecule has 0 saturated carbocycles. The van der Waals surface area contributed by atoms with E-state index in [4.69, 9.17) is 4.84 Å². The maximum Gasteiger partial charge on any atom is 0.270 e. The van der Waals surface area contributed by atoms with Crippen molar-refractivity contribution < 1.29 is 9.63 Å². The van der Waals surface area contributed by atoms with E-state index in [1.807, 2.05) is 47.8 Å². The van der Waals surface area contributed by atoms with Gasteiger partial charge in [-0.15, -0.1) is 11.3 Å². The summed E-state index contributed by atoms with van der Waals surface area (Å²) in [5, 5.41) is 5.81. The second-order valence-corrected chi connectivity index (χ2v) is 5.21. The molecule has 0 aliphatic rings. The van der Waals surface area contributed by atoms with Crippen LogP contribution in [-0.4, -0.2) is 25.3 Å². The molecule has 0 bridgehead atoms. The summed E-state index contributed by atoms with van der Waals surface area (Å²) >= 11 is 1.56. The number of likely N-dealkylation sites (N-methyl/N-ethyl adjacent to an activating group) is 1. The van der Waals surface area contributed by atoms with E-state index in [1.54, 1.807) is 36.4 Å². The van der Waals surface area contributed by atoms with E-state index in [1.165, 1.54) is 0 Å². The molecule has 1 unspecified atom stereocenters. The lowest BCUT2D eigenvalue weighted by Gasteiger charge is -2.20. The van der Waals surface area contributed by atoms with E-state index in [0.29, 0.717) is 0 Å². The van der Waals surface area contributed by atoms with Gasteiger partial charge in [0.05, 0.1) is 6.21 Å². The smallest absolute Gasteiger partial charge is 0.270 e. The molecule has 0 radical (unpaired) electrons. The summed E-state index contributed by atoms with van der Waals surface area (Å²) < 4.78 is 0. The molecule has 1 aromatic heterocycles. The van der Waals surface area contributed by atoms with E-state index < -0.39 is 6.10 Å². The second kappa shape index (κ2) is 6.86. The molecule has 104 valence electrons. The topological polar surface area (TPSA) is 41.9 Å². The summed E-state index contributed by atoms with van der Waals surface area (Å²) in [6, 6.07) is 13.3. The van der Waals surface area contributed by atoms with Crippen molar-refractivity contribution in [3.05, 3.63) is 52.7 Å². The third-order valence-electron chi connectivity index (χ3n) is 2.76. The Morgan fingerprint density at radius 3 is 2.70 bits per heavy atom. The summed E-state index contributed by atoms with van der Waals surface area (Å²) in [7, 11) is 1.72. The molecule has 0 spiro atoms. The first-order valence-electron chi connectivity index (χ1n) is 6.24. The van der Waals surface area contributed by atoms with Gasteiger partial charge in [0.25, 0.3) is 5.91 Å². The van der Waals surface area contributed by atoms with Crippen LogP contribution in [0, 0.1) is 0 Å². The molecule has 1 amide bonds. The minimum Gasteiger partial charge on any atom is -0.383 e. The predicted octanol–water partition coefficient (Wildman–Crippen LogP) is 3.15. The van der Waals surface area contributed by atoms with E-state index in [0.717, 1.165) is 10.6 Å². The van der Waals surface area contributed by atoms with Crippen LogP contribution >= 0.6 is 11.3 Å². The second-order valence-electron chi connectivity index (χ2n) is 4.23. The van der Waals surface area contributed by atoms with Gasteiger partial charge in [-0.05, 0) is 30.5 Å². The van der Waals surface area contributed by atoms with Crippen LogP contribution in [0.2, 0.25) is 0 Å². The Hall–Kier alpha value is -2.14. The van der Waals surface area contributed by atoms with Crippen LogP contribution in [-0.2, 0) is 9.63 Å². The SMILES string of the molecule is CC(O/N=C/c1cccs1)C(=O)N(C)c1ccccc1. The average Bonchev–Trinajstić information content (AvgIpc) is 2.99. The van der Waals surface area contributed by atoms with Crippen molar-refractivity contribution in [1.82, 2.24) is 0 Å². The molecular weight excluding hydrogens is 272 g/mol. The fourth-order valence-corrected chi connectivity index (χ4v) is 2.21. The Morgan fingerprint density at radius 2 is 2.05 bits per heavy atom. The minimum absolute atomic E-state index is 0.139. The number of oxime groups is 1. The fraction of sp³-hybridized carbons (Fsp3) is 0.200. The summed E-state index contributed by atoms with van der Waals surface area (Å²) in [5.41, 5.74) is 0.829. The highest BCUT2D eigenvalue weighted by atomic mass is 32.1. The molecule has 0 aliphatic carbocycles. The standard InChI is InChI=1S/C15H16N2O2S/c1-12(19-16-11-14-9-6-10-20-14)15(18)17(2)13-7-4-3-5-8-13/h3-12H,1-2H3/b16-11+. The lowest BCUT2D eigenvalue weighted by molar-refractivity contribution is -0.128. The molecular formula is C15H16N2O2S. The number of hydrogen-bond donors (Lipinski definition) is 0. The van der Waals surface area contributed by atoms with Crippen LogP contribution < -0.4 is 4.90 Å². The third-order valence-corrected chi connectivity index (χ3v) is 3.57. The Kier molecular flexibility index (Phi) is 4.90. The van der Waals surface area contributed by atoms with Crippen LogP contribution in [0.15, 0.2) is 53.0 Å². The number of nitrogens with zero attached hydrogens (tertiary/aromatic N) is 2. The number of carbonyl (C=O) groups is 1. The highest BCUT2D eigenvalue weighted by Crippen LogP contribution is 2.13. The van der Waals surface area contributed by atoms with E-state index >= 15 is 0 Å². The molecule has 0 fully saturated rings. The van der Waals surface area contributed by atoms with Gasteiger partial charge in [0, 0.05) is 17.6 Å². The van der Waals surface area contributed by atoms with Crippen molar-refractivity contribution in [2.45, 2.75) is 13.0 Å². The molecule has 1 aromatic carbocycles. The Bertz CT molecular complexity index is 567. The third kappa shape index (κ3) is 3.68. The van der Waals surface area contributed by atoms with Gasteiger partial charge in [-0.25, -0.2) is 0 Å². The maximum absolute atomic E-state index is 12.2. The highest BCUT2D eigenvalue weighted by Gasteiger charge is 2.19. The largest absolute Gasteiger partial charge is 0.383 e. The van der Waals surface area contributed by atoms with Gasteiger partial charge < -0.3 is 9.74 Å². The van der Waals surface area contributed by atoms with Crippen LogP contribution in [0.5, 0.6) is 0 Å². The lowest BCUT2D eigenvalue weighted by atomic mass is 10.2. The number of amides is 1. The van der Waals surface area contributed by atoms with E-state index in [9.17, 15) is 4.79 Å². The quantitative estimate of drug-likeness (QED) is 0.626. The van der Waals surface area contributed by atoms with Gasteiger partial charge in [-0.3, -0.25) is 4.79 Å². The van der Waals surface area contributed by atoms with E-state index in [-0.39, 0.29) is 5.91 Å². The molecule has 1 heterocycles. The van der Waals surface area contributed by atoms with Crippen molar-refractivity contribution in [3.8, 4) is 0 Å². The van der Waals surface area contributed by atoms with Crippen LogP contribution in [0.25, 0.3) is 0 Å². The molecule has 2 rings (SSSR count). The Morgan fingerprint density at radius 1 is 1.30 bits per heavy atom. The van der Waals surface area contributed by atoms with Gasteiger partial charge in [0.2, 0.25) is 6.10 Å². The molecule has 5 heteroatoms. The first kappa shape index (κ1) is 14.3. The molecule has 4 nitrogen and oxygen atoms in total. The predicted molar refractivity (Wildman–Crippen MR) is 82.3 cm³/mol. The lowest BCUT2D eigenvalue weighted by Crippen LogP contribution is -2.35. The number of carbonyl (C=O) groups excluding carboxylic acids is 1. The van der Waals surface area contributed by atoms with Crippen LogP contribution in [0.3, 0.4) is 0 Å². The summed E-state index contributed by atoms with van der Waals surface area (Å²) in [4.78, 5) is 19.9. The molecule has 20 heavy (non-hydrogen) atoms. The number of para-hydroxylation sites is 1. The normalized spacial score (nSPS) is 12.3. The van der Waals surface area contributed by atoms with Crippen molar-refractivity contribution in [2.24, 2.45) is 5.16 Å². The Labute approximate surface area is 122 Å². The molecule has 0 N–H and O–H groups in total. The summed E-state index contributed by atoms with van der Waals surface area (Å²) in [5.74, 6) is -0.139. The zero-order valence-electron chi connectivity index (χ0n) is 11.4. The number of thiophene rings is 1. The molecule has 0 aliphatic heterocycles. The summed E-state index contributed by atoms with van der Waals surface area (Å²) in [6.45, 7) is 1.69. The van der Waals surface area contributed by atoms with Crippen molar-refractivity contribution in [2.75, 3.05) is 11.9 Å². The molecule has 2 aromatic rings. The number of hydrogen-bond acceptors (Lipinski definition) is 4. The first-order chi connectivity index (χ1) is 9.68. The van der Waals surface area contributed by atoms with Gasteiger partial charge in [0.15, 0.2) is 0 Å². The highest BCUT2D eigenvalue weighted by molar-refractivity contribution is 7.11. The van der Waals surface area contributed by atoms with Crippen molar-refractivity contribution in [3.63, 3.8) is 0 Å². The van der Waals surface area contributed by atoms with Gasteiger partial charge in [-0.2, -0.15) is 0 Å². The van der Waals surface area contributed by atoms with Crippen molar-refractivity contribution in [1.29, 1.82) is 0 Å². The van der Waals surface area contributed by atoms with Gasteiger partial charge in [-0.1, -0.05) is 29.4 Å². The minimum atomic E-state index is -0.628. The van der Waals surface area contributed by atoms with Gasteiger partial charge >= 0.3 is 0 Å². The van der Waals surface area contributed by atoms with Gasteiger partial charge in [0.1, 0.15) is 0 Å². The fourth-order valence-electron chi connectivity index (χ4n) is 1.64. The zero-order chi connectivity index (χ0) is 14.4. The number of benzene rings is 1. The molecule has 0 saturated heterocycles. The number of anilines is 1.